The van der Waals surface area contributed by atoms with Crippen LogP contribution in [0, 0.1) is 0 Å². The van der Waals surface area contributed by atoms with E-state index in [-0.39, 0.29) is 18.2 Å². The van der Waals surface area contributed by atoms with Crippen molar-refractivity contribution in [2.45, 2.75) is 32.4 Å². The third-order valence-electron chi connectivity index (χ3n) is 5.09. The Morgan fingerprint density at radius 3 is 2.00 bits per heavy atom. The van der Waals surface area contributed by atoms with Gasteiger partial charge in [0.25, 0.3) is 0 Å². The lowest BCUT2D eigenvalue weighted by molar-refractivity contribution is -0.140. The first-order chi connectivity index (χ1) is 15.1. The predicted molar refractivity (Wildman–Crippen MR) is 127 cm³/mol. The van der Waals surface area contributed by atoms with Crippen molar-refractivity contribution in [3.8, 4) is 0 Å². The number of likely N-dealkylation sites (N-methyl/N-ethyl adjacent to an activating group) is 1. The first-order valence-electron chi connectivity index (χ1n) is 10.5. The standard InChI is InChI=1S/C26H27BrN2O2/c1-2-28-26(31)24(17-20-9-5-3-6-10-20)29(19-22-13-15-23(27)16-14-22)25(30)18-21-11-7-4-8-12-21/h3-16,24H,2,17-19H2,1H3,(H,28,31). The SMILES string of the molecule is CCNC(=O)C(Cc1ccccc1)N(Cc1ccc(Br)cc1)C(=O)Cc1ccccc1. The Morgan fingerprint density at radius 2 is 1.42 bits per heavy atom. The first-order valence-corrected chi connectivity index (χ1v) is 11.3. The largest absolute Gasteiger partial charge is 0.355 e. The number of hydrogen-bond donors (Lipinski definition) is 1. The average Bonchev–Trinajstić information content (AvgIpc) is 2.79. The molecule has 0 aromatic heterocycles. The molecule has 3 aromatic carbocycles. The zero-order valence-electron chi connectivity index (χ0n) is 17.6. The highest BCUT2D eigenvalue weighted by Crippen LogP contribution is 2.18. The Kier molecular flexibility index (Phi) is 8.42. The second kappa shape index (κ2) is 11.5. The Labute approximate surface area is 192 Å². The van der Waals surface area contributed by atoms with Gasteiger partial charge in [-0.3, -0.25) is 9.59 Å². The van der Waals surface area contributed by atoms with Gasteiger partial charge in [-0.05, 0) is 35.7 Å². The van der Waals surface area contributed by atoms with Crippen molar-refractivity contribution in [2.24, 2.45) is 0 Å². The van der Waals surface area contributed by atoms with E-state index in [0.717, 1.165) is 21.2 Å². The monoisotopic (exact) mass is 478 g/mol. The second-order valence-corrected chi connectivity index (χ2v) is 8.33. The van der Waals surface area contributed by atoms with E-state index in [0.29, 0.717) is 19.5 Å². The van der Waals surface area contributed by atoms with Crippen LogP contribution in [-0.2, 0) is 29.0 Å². The van der Waals surface area contributed by atoms with Gasteiger partial charge in [0.2, 0.25) is 11.8 Å². The summed E-state index contributed by atoms with van der Waals surface area (Å²) in [6, 6.07) is 26.8. The maximum absolute atomic E-state index is 13.5. The third-order valence-corrected chi connectivity index (χ3v) is 5.62. The molecule has 0 spiro atoms. The molecule has 4 nitrogen and oxygen atoms in total. The minimum atomic E-state index is -0.595. The van der Waals surface area contributed by atoms with Gasteiger partial charge < -0.3 is 10.2 Å². The van der Waals surface area contributed by atoms with E-state index in [2.05, 4.69) is 21.2 Å². The molecule has 0 fully saturated rings. The number of hydrogen-bond acceptors (Lipinski definition) is 2. The van der Waals surface area contributed by atoms with Gasteiger partial charge in [-0.1, -0.05) is 88.7 Å². The fourth-order valence-electron chi connectivity index (χ4n) is 3.50. The lowest BCUT2D eigenvalue weighted by Gasteiger charge is -2.31. The molecule has 0 saturated carbocycles. The van der Waals surface area contributed by atoms with Gasteiger partial charge in [-0.2, -0.15) is 0 Å². The van der Waals surface area contributed by atoms with Gasteiger partial charge >= 0.3 is 0 Å². The number of amides is 2. The molecule has 0 aliphatic carbocycles. The van der Waals surface area contributed by atoms with Crippen molar-refractivity contribution in [3.05, 3.63) is 106 Å². The van der Waals surface area contributed by atoms with Crippen LogP contribution in [0.25, 0.3) is 0 Å². The summed E-state index contributed by atoms with van der Waals surface area (Å²) in [5.74, 6) is -0.203. The molecule has 5 heteroatoms. The van der Waals surface area contributed by atoms with E-state index in [1.807, 2.05) is 91.9 Å². The highest BCUT2D eigenvalue weighted by atomic mass is 79.9. The zero-order valence-corrected chi connectivity index (χ0v) is 19.2. The van der Waals surface area contributed by atoms with E-state index in [9.17, 15) is 9.59 Å². The van der Waals surface area contributed by atoms with E-state index >= 15 is 0 Å². The fourth-order valence-corrected chi connectivity index (χ4v) is 3.77. The van der Waals surface area contributed by atoms with Crippen molar-refractivity contribution < 1.29 is 9.59 Å². The summed E-state index contributed by atoms with van der Waals surface area (Å²) >= 11 is 3.46. The van der Waals surface area contributed by atoms with Crippen molar-refractivity contribution in [1.29, 1.82) is 0 Å². The van der Waals surface area contributed by atoms with Crippen molar-refractivity contribution >= 4 is 27.7 Å². The molecular weight excluding hydrogens is 452 g/mol. The number of rotatable bonds is 9. The van der Waals surface area contributed by atoms with Crippen LogP contribution in [0.5, 0.6) is 0 Å². The smallest absolute Gasteiger partial charge is 0.243 e. The Morgan fingerprint density at radius 1 is 0.839 bits per heavy atom. The van der Waals surface area contributed by atoms with Gasteiger partial charge in [-0.25, -0.2) is 0 Å². The number of benzene rings is 3. The minimum absolute atomic E-state index is 0.0682. The van der Waals surface area contributed by atoms with Crippen LogP contribution in [0.1, 0.15) is 23.6 Å². The molecular formula is C26H27BrN2O2. The van der Waals surface area contributed by atoms with Crippen LogP contribution >= 0.6 is 15.9 Å². The number of halogens is 1. The van der Waals surface area contributed by atoms with Crippen LogP contribution in [0.2, 0.25) is 0 Å². The van der Waals surface area contributed by atoms with Gasteiger partial charge in [0, 0.05) is 24.0 Å². The average molecular weight is 479 g/mol. The second-order valence-electron chi connectivity index (χ2n) is 7.41. The summed E-state index contributed by atoms with van der Waals surface area (Å²) < 4.78 is 0.975. The zero-order chi connectivity index (χ0) is 22.1. The predicted octanol–water partition coefficient (Wildman–Crippen LogP) is 4.77. The molecule has 31 heavy (non-hydrogen) atoms. The molecule has 0 radical (unpaired) electrons. The lowest BCUT2D eigenvalue weighted by atomic mass is 10.0. The molecule has 0 aliphatic heterocycles. The summed E-state index contributed by atoms with van der Waals surface area (Å²) in [5, 5.41) is 2.92. The molecule has 0 bridgehead atoms. The van der Waals surface area contributed by atoms with E-state index < -0.39 is 6.04 Å². The molecule has 0 saturated heterocycles. The van der Waals surface area contributed by atoms with Crippen LogP contribution in [0.15, 0.2) is 89.4 Å². The molecule has 2 amide bonds. The van der Waals surface area contributed by atoms with E-state index in [1.165, 1.54) is 0 Å². The van der Waals surface area contributed by atoms with Gasteiger partial charge in [0.05, 0.1) is 6.42 Å². The molecule has 1 N–H and O–H groups in total. The van der Waals surface area contributed by atoms with E-state index in [4.69, 9.17) is 0 Å². The van der Waals surface area contributed by atoms with E-state index in [1.54, 1.807) is 4.90 Å². The highest BCUT2D eigenvalue weighted by molar-refractivity contribution is 9.10. The molecule has 3 aromatic rings. The summed E-state index contributed by atoms with van der Waals surface area (Å²) in [6.07, 6.45) is 0.714. The molecule has 3 rings (SSSR count). The number of nitrogens with zero attached hydrogens (tertiary/aromatic N) is 1. The minimum Gasteiger partial charge on any atom is -0.355 e. The maximum Gasteiger partial charge on any atom is 0.243 e. The Hall–Kier alpha value is -2.92. The molecule has 160 valence electrons. The molecule has 1 atom stereocenters. The normalized spacial score (nSPS) is 11.5. The van der Waals surface area contributed by atoms with Crippen LogP contribution in [0.4, 0.5) is 0 Å². The van der Waals surface area contributed by atoms with Crippen LogP contribution < -0.4 is 5.32 Å². The number of carbonyl (C=O) groups is 2. The third kappa shape index (κ3) is 6.79. The number of nitrogens with one attached hydrogen (secondary N) is 1. The fraction of sp³-hybridized carbons (Fsp3) is 0.231. The van der Waals surface area contributed by atoms with Crippen molar-refractivity contribution in [2.75, 3.05) is 6.54 Å². The van der Waals surface area contributed by atoms with Crippen molar-refractivity contribution in [3.63, 3.8) is 0 Å². The highest BCUT2D eigenvalue weighted by Gasteiger charge is 2.30. The van der Waals surface area contributed by atoms with Gasteiger partial charge in [0.15, 0.2) is 0 Å². The number of carbonyl (C=O) groups excluding carboxylic acids is 2. The quantitative estimate of drug-likeness (QED) is 0.481. The van der Waals surface area contributed by atoms with Gasteiger partial charge in [-0.15, -0.1) is 0 Å². The summed E-state index contributed by atoms with van der Waals surface area (Å²) in [6.45, 7) is 2.78. The molecule has 1 unspecified atom stereocenters. The molecule has 0 heterocycles. The summed E-state index contributed by atoms with van der Waals surface area (Å²) in [5.41, 5.74) is 2.93. The van der Waals surface area contributed by atoms with Crippen molar-refractivity contribution in [1.82, 2.24) is 10.2 Å². The van der Waals surface area contributed by atoms with Crippen LogP contribution in [0.3, 0.4) is 0 Å². The Bertz CT molecular complexity index is 975. The van der Waals surface area contributed by atoms with Gasteiger partial charge in [0.1, 0.15) is 6.04 Å². The Balaban J connectivity index is 1.93. The summed E-state index contributed by atoms with van der Waals surface area (Å²) in [7, 11) is 0. The molecule has 0 aliphatic rings. The first kappa shape index (κ1) is 22.8. The lowest BCUT2D eigenvalue weighted by Crippen LogP contribution is -2.50. The maximum atomic E-state index is 13.5. The topological polar surface area (TPSA) is 49.4 Å². The van der Waals surface area contributed by atoms with Crippen LogP contribution in [-0.4, -0.2) is 29.3 Å². The summed E-state index contributed by atoms with van der Waals surface area (Å²) in [4.78, 5) is 28.3.